The van der Waals surface area contributed by atoms with Gasteiger partial charge in [-0.15, -0.1) is 0 Å². The number of methoxy groups -OCH3 is 1. The molecule has 2 aromatic rings. The maximum absolute atomic E-state index is 12.5. The number of carboxylic acids is 1. The number of amides is 2. The number of carbonyl (C=O) groups excluding carboxylic acids is 2. The zero-order valence-corrected chi connectivity index (χ0v) is 18.2. The molecule has 0 aliphatic heterocycles. The highest BCUT2D eigenvalue weighted by Crippen LogP contribution is 2.44. The number of fused-ring (bicyclic) bond motifs is 3. The molecule has 0 aromatic heterocycles. The summed E-state index contributed by atoms with van der Waals surface area (Å²) >= 11 is 0. The fourth-order valence-electron chi connectivity index (χ4n) is 3.95. The molecule has 2 unspecified atom stereocenters. The number of nitrogens with one attached hydrogen (secondary N) is 2. The highest BCUT2D eigenvalue weighted by atomic mass is 16.5. The minimum Gasteiger partial charge on any atom is -0.480 e. The largest absolute Gasteiger partial charge is 0.480 e. The highest BCUT2D eigenvalue weighted by molar-refractivity contribution is 5.89. The van der Waals surface area contributed by atoms with Crippen molar-refractivity contribution in [2.75, 3.05) is 20.3 Å². The summed E-state index contributed by atoms with van der Waals surface area (Å²) < 4.78 is 10.5. The van der Waals surface area contributed by atoms with E-state index in [1.54, 1.807) is 0 Å². The fraction of sp³-hybridized carbons (Fsp3) is 0.375. The van der Waals surface area contributed by atoms with Crippen molar-refractivity contribution in [3.8, 4) is 11.1 Å². The van der Waals surface area contributed by atoms with E-state index in [0.29, 0.717) is 6.42 Å². The van der Waals surface area contributed by atoms with Gasteiger partial charge in [0.2, 0.25) is 5.91 Å². The second kappa shape index (κ2) is 10.8. The van der Waals surface area contributed by atoms with E-state index in [-0.39, 0.29) is 25.6 Å². The molecule has 8 nitrogen and oxygen atoms in total. The van der Waals surface area contributed by atoms with Crippen molar-refractivity contribution in [3.63, 3.8) is 0 Å². The fourth-order valence-corrected chi connectivity index (χ4v) is 3.95. The molecule has 0 saturated heterocycles. The average Bonchev–Trinajstić information content (AvgIpc) is 3.10. The molecule has 1 aliphatic rings. The number of hydrogen-bond acceptors (Lipinski definition) is 5. The van der Waals surface area contributed by atoms with Crippen molar-refractivity contribution in [1.29, 1.82) is 0 Å². The molecule has 0 fully saturated rings. The zero-order valence-electron chi connectivity index (χ0n) is 18.2. The number of carboxylic acid groups (broad SMARTS) is 1. The van der Waals surface area contributed by atoms with Crippen LogP contribution in [0.3, 0.4) is 0 Å². The summed E-state index contributed by atoms with van der Waals surface area (Å²) in [5.74, 6) is -1.87. The number of ether oxygens (including phenoxy) is 2. The van der Waals surface area contributed by atoms with E-state index in [1.807, 2.05) is 55.5 Å². The van der Waals surface area contributed by atoms with Crippen molar-refractivity contribution in [2.45, 2.75) is 37.8 Å². The second-order valence-electron chi connectivity index (χ2n) is 7.67. The first-order chi connectivity index (χ1) is 15.5. The lowest BCUT2D eigenvalue weighted by Gasteiger charge is -2.21. The van der Waals surface area contributed by atoms with Crippen LogP contribution in [-0.2, 0) is 19.1 Å². The summed E-state index contributed by atoms with van der Waals surface area (Å²) in [4.78, 5) is 36.3. The lowest BCUT2D eigenvalue weighted by atomic mass is 9.98. The van der Waals surface area contributed by atoms with Crippen molar-refractivity contribution in [3.05, 3.63) is 59.7 Å². The first kappa shape index (κ1) is 23.3. The summed E-state index contributed by atoms with van der Waals surface area (Å²) in [6.45, 7) is 1.81. The lowest BCUT2D eigenvalue weighted by molar-refractivity contribution is -0.142. The third kappa shape index (κ3) is 5.26. The van der Waals surface area contributed by atoms with Crippen molar-refractivity contribution < 1.29 is 29.0 Å². The summed E-state index contributed by atoms with van der Waals surface area (Å²) in [5, 5.41) is 14.2. The third-order valence-corrected chi connectivity index (χ3v) is 5.48. The van der Waals surface area contributed by atoms with Gasteiger partial charge in [0.25, 0.3) is 0 Å². The molecule has 8 heteroatoms. The lowest BCUT2D eigenvalue weighted by Crippen LogP contribution is -2.53. The summed E-state index contributed by atoms with van der Waals surface area (Å²) in [5.41, 5.74) is 4.39. The molecule has 1 aliphatic carbocycles. The molecular weight excluding hydrogens is 412 g/mol. The predicted molar refractivity (Wildman–Crippen MR) is 118 cm³/mol. The molecule has 2 amide bonds. The molecule has 3 rings (SSSR count). The number of hydrogen-bond donors (Lipinski definition) is 3. The monoisotopic (exact) mass is 440 g/mol. The Morgan fingerprint density at radius 3 is 2.09 bits per heavy atom. The van der Waals surface area contributed by atoms with Crippen LogP contribution in [0.1, 0.15) is 36.8 Å². The van der Waals surface area contributed by atoms with Gasteiger partial charge in [-0.3, -0.25) is 4.79 Å². The maximum atomic E-state index is 12.5. The Hall–Kier alpha value is -3.39. The van der Waals surface area contributed by atoms with Crippen molar-refractivity contribution >= 4 is 18.0 Å². The van der Waals surface area contributed by atoms with Gasteiger partial charge in [-0.1, -0.05) is 61.9 Å². The van der Waals surface area contributed by atoms with Gasteiger partial charge in [0.15, 0.2) is 0 Å². The van der Waals surface area contributed by atoms with Crippen LogP contribution in [0.15, 0.2) is 48.5 Å². The van der Waals surface area contributed by atoms with E-state index in [1.165, 1.54) is 7.11 Å². The van der Waals surface area contributed by atoms with Gasteiger partial charge in [0, 0.05) is 13.0 Å². The van der Waals surface area contributed by atoms with Crippen LogP contribution in [0.25, 0.3) is 11.1 Å². The number of rotatable bonds is 10. The maximum Gasteiger partial charge on any atom is 0.407 e. The van der Waals surface area contributed by atoms with E-state index in [2.05, 4.69) is 10.6 Å². The van der Waals surface area contributed by atoms with E-state index in [0.717, 1.165) is 22.3 Å². The summed E-state index contributed by atoms with van der Waals surface area (Å²) in [6.07, 6.45) is 0.101. The molecule has 32 heavy (non-hydrogen) atoms. The smallest absolute Gasteiger partial charge is 0.407 e. The van der Waals surface area contributed by atoms with Gasteiger partial charge in [-0.05, 0) is 28.7 Å². The van der Waals surface area contributed by atoms with E-state index < -0.39 is 30.1 Å². The zero-order chi connectivity index (χ0) is 23.1. The Balaban J connectivity index is 1.64. The van der Waals surface area contributed by atoms with Gasteiger partial charge in [0.05, 0.1) is 6.61 Å². The number of benzene rings is 2. The second-order valence-corrected chi connectivity index (χ2v) is 7.67. The van der Waals surface area contributed by atoms with Gasteiger partial charge in [-0.2, -0.15) is 0 Å². The number of alkyl carbamates (subject to hydrolysis) is 1. The normalized spacial score (nSPS) is 14.1. The quantitative estimate of drug-likeness (QED) is 0.524. The molecule has 0 spiro atoms. The molecular formula is C24H28N2O6. The SMILES string of the molecule is CCCC(NC(=O)C(COC)NC(=O)OCC1c2ccccc2-c2ccccc21)C(=O)O. The Bertz CT molecular complexity index is 931. The van der Waals surface area contributed by atoms with Crippen LogP contribution >= 0.6 is 0 Å². The summed E-state index contributed by atoms with van der Waals surface area (Å²) in [7, 11) is 1.39. The van der Waals surface area contributed by atoms with Gasteiger partial charge < -0.3 is 25.2 Å². The van der Waals surface area contributed by atoms with E-state index >= 15 is 0 Å². The van der Waals surface area contributed by atoms with Crippen LogP contribution < -0.4 is 10.6 Å². The molecule has 0 saturated carbocycles. The highest BCUT2D eigenvalue weighted by Gasteiger charge is 2.30. The van der Waals surface area contributed by atoms with Crippen LogP contribution in [0.2, 0.25) is 0 Å². The molecule has 2 aromatic carbocycles. The molecule has 0 heterocycles. The van der Waals surface area contributed by atoms with Gasteiger partial charge >= 0.3 is 12.1 Å². The molecule has 2 atom stereocenters. The number of aliphatic carboxylic acids is 1. The average molecular weight is 440 g/mol. The third-order valence-electron chi connectivity index (χ3n) is 5.48. The molecule has 3 N–H and O–H groups in total. The molecule has 0 bridgehead atoms. The summed E-state index contributed by atoms with van der Waals surface area (Å²) in [6, 6.07) is 13.9. The van der Waals surface area contributed by atoms with Crippen molar-refractivity contribution in [2.24, 2.45) is 0 Å². The standard InChI is InChI=1S/C24H28N2O6/c1-3-8-20(23(28)29)25-22(27)21(14-31-2)26-24(30)32-13-19-17-11-6-4-9-15(17)16-10-5-7-12-18(16)19/h4-7,9-12,19-21H,3,8,13-14H2,1-2H3,(H,25,27)(H,26,30)(H,28,29). The molecule has 0 radical (unpaired) electrons. The van der Waals surface area contributed by atoms with E-state index in [9.17, 15) is 19.5 Å². The first-order valence-electron chi connectivity index (χ1n) is 10.6. The topological polar surface area (TPSA) is 114 Å². The predicted octanol–water partition coefficient (Wildman–Crippen LogP) is 2.91. The first-order valence-corrected chi connectivity index (χ1v) is 10.6. The van der Waals surface area contributed by atoms with E-state index in [4.69, 9.17) is 9.47 Å². The molecule has 170 valence electrons. The Morgan fingerprint density at radius 2 is 1.56 bits per heavy atom. The van der Waals surface area contributed by atoms with Crippen LogP contribution in [-0.4, -0.2) is 55.5 Å². The van der Waals surface area contributed by atoms with Gasteiger partial charge in [0.1, 0.15) is 18.7 Å². The van der Waals surface area contributed by atoms with Gasteiger partial charge in [-0.25, -0.2) is 9.59 Å². The Labute approximate surface area is 186 Å². The van der Waals surface area contributed by atoms with Crippen LogP contribution in [0, 0.1) is 0 Å². The Morgan fingerprint density at radius 1 is 0.969 bits per heavy atom. The van der Waals surface area contributed by atoms with Crippen LogP contribution in [0.5, 0.6) is 0 Å². The Kier molecular flexibility index (Phi) is 7.83. The minimum atomic E-state index is -1.13. The van der Waals surface area contributed by atoms with Crippen molar-refractivity contribution in [1.82, 2.24) is 10.6 Å². The number of carbonyl (C=O) groups is 3. The van der Waals surface area contributed by atoms with Crippen LogP contribution in [0.4, 0.5) is 4.79 Å². The minimum absolute atomic E-state index is 0.106.